The number of hydrogen-bond acceptors (Lipinski definition) is 5. The number of nitrogens with zero attached hydrogens (tertiary/aromatic N) is 6. The summed E-state index contributed by atoms with van der Waals surface area (Å²) < 4.78 is 3.58. The Bertz CT molecular complexity index is 1100. The predicted molar refractivity (Wildman–Crippen MR) is 105 cm³/mol. The standard InChI is InChI=1S/C20H21N7O/c1-13(2)18(19-22-16-6-4-5-7-17(16)26(19)3)23-20(28)14-8-10-15(11-9-14)27-12-21-24-25-27/h4-13,18H,1-3H3,(H,23,28)/t18-/m1/s1. The highest BCUT2D eigenvalue weighted by Crippen LogP contribution is 2.25. The lowest BCUT2D eigenvalue weighted by Crippen LogP contribution is -2.33. The summed E-state index contributed by atoms with van der Waals surface area (Å²) in [5.74, 6) is 0.879. The Morgan fingerprint density at radius 3 is 2.46 bits per heavy atom. The third-order valence-corrected chi connectivity index (χ3v) is 4.80. The fraction of sp³-hybridized carbons (Fsp3) is 0.250. The number of carbonyl (C=O) groups excluding carboxylic acids is 1. The van der Waals surface area contributed by atoms with Crippen LogP contribution in [0, 0.1) is 5.92 Å². The molecule has 0 unspecified atom stereocenters. The Morgan fingerprint density at radius 1 is 1.07 bits per heavy atom. The number of rotatable bonds is 5. The van der Waals surface area contributed by atoms with Gasteiger partial charge in [0.15, 0.2) is 0 Å². The van der Waals surface area contributed by atoms with E-state index in [2.05, 4.69) is 34.7 Å². The van der Waals surface area contributed by atoms with Gasteiger partial charge in [0.25, 0.3) is 5.91 Å². The number of aromatic nitrogens is 6. The molecule has 0 fully saturated rings. The van der Waals surface area contributed by atoms with Gasteiger partial charge in [-0.1, -0.05) is 26.0 Å². The van der Waals surface area contributed by atoms with Crippen LogP contribution in [0.15, 0.2) is 54.9 Å². The minimum atomic E-state index is -0.205. The van der Waals surface area contributed by atoms with E-state index in [9.17, 15) is 4.79 Å². The Hall–Kier alpha value is -3.55. The second kappa shape index (κ2) is 7.22. The largest absolute Gasteiger partial charge is 0.342 e. The molecule has 8 nitrogen and oxygen atoms in total. The zero-order valence-electron chi connectivity index (χ0n) is 15.9. The molecule has 2 aromatic heterocycles. The lowest BCUT2D eigenvalue weighted by Gasteiger charge is -2.22. The van der Waals surface area contributed by atoms with Crippen molar-refractivity contribution in [3.8, 4) is 5.69 Å². The van der Waals surface area contributed by atoms with E-state index in [1.807, 2.05) is 48.0 Å². The molecule has 0 saturated carbocycles. The molecule has 0 aliphatic heterocycles. The van der Waals surface area contributed by atoms with Gasteiger partial charge in [0.2, 0.25) is 0 Å². The smallest absolute Gasteiger partial charge is 0.251 e. The number of amides is 1. The molecular formula is C20H21N7O. The molecule has 0 spiro atoms. The number of tetrazole rings is 1. The molecule has 0 bridgehead atoms. The zero-order chi connectivity index (χ0) is 19.7. The molecule has 142 valence electrons. The molecule has 1 N–H and O–H groups in total. The maximum absolute atomic E-state index is 12.9. The second-order valence-electron chi connectivity index (χ2n) is 7.01. The molecule has 0 aliphatic rings. The molecule has 2 aromatic carbocycles. The first-order valence-electron chi connectivity index (χ1n) is 9.10. The molecule has 0 radical (unpaired) electrons. The Morgan fingerprint density at radius 2 is 1.82 bits per heavy atom. The van der Waals surface area contributed by atoms with Crippen LogP contribution in [0.5, 0.6) is 0 Å². The van der Waals surface area contributed by atoms with Gasteiger partial charge in [0, 0.05) is 12.6 Å². The van der Waals surface area contributed by atoms with Crippen molar-refractivity contribution in [3.05, 3.63) is 66.2 Å². The lowest BCUT2D eigenvalue weighted by molar-refractivity contribution is 0.0922. The van der Waals surface area contributed by atoms with Gasteiger partial charge in [-0.3, -0.25) is 4.79 Å². The van der Waals surface area contributed by atoms with Gasteiger partial charge >= 0.3 is 0 Å². The molecule has 0 saturated heterocycles. The van der Waals surface area contributed by atoms with Crippen molar-refractivity contribution < 1.29 is 4.79 Å². The number of hydrogen-bond donors (Lipinski definition) is 1. The second-order valence-corrected chi connectivity index (χ2v) is 7.01. The predicted octanol–water partition coefficient (Wildman–Crippen LogP) is 2.68. The average Bonchev–Trinajstić information content (AvgIpc) is 3.35. The van der Waals surface area contributed by atoms with Crippen LogP contribution in [0.4, 0.5) is 0 Å². The van der Waals surface area contributed by atoms with Crippen molar-refractivity contribution in [2.75, 3.05) is 0 Å². The summed E-state index contributed by atoms with van der Waals surface area (Å²) in [6, 6.07) is 14.9. The van der Waals surface area contributed by atoms with Gasteiger partial charge in [0.05, 0.1) is 22.8 Å². The third kappa shape index (κ3) is 3.24. The number of nitrogens with one attached hydrogen (secondary N) is 1. The fourth-order valence-corrected chi connectivity index (χ4v) is 3.24. The van der Waals surface area contributed by atoms with Crippen molar-refractivity contribution in [1.29, 1.82) is 0 Å². The van der Waals surface area contributed by atoms with Crippen molar-refractivity contribution >= 4 is 16.9 Å². The number of imidazole rings is 1. The maximum atomic E-state index is 12.9. The van der Waals surface area contributed by atoms with Gasteiger partial charge in [-0.15, -0.1) is 5.10 Å². The first-order valence-corrected chi connectivity index (χ1v) is 9.10. The highest BCUT2D eigenvalue weighted by molar-refractivity contribution is 5.94. The van der Waals surface area contributed by atoms with Crippen LogP contribution < -0.4 is 5.32 Å². The summed E-state index contributed by atoms with van der Waals surface area (Å²) in [5, 5.41) is 14.2. The number of benzene rings is 2. The molecule has 4 rings (SSSR count). The quantitative estimate of drug-likeness (QED) is 0.579. The lowest BCUT2D eigenvalue weighted by atomic mass is 10.0. The third-order valence-electron chi connectivity index (χ3n) is 4.80. The van der Waals surface area contributed by atoms with Crippen molar-refractivity contribution in [2.45, 2.75) is 19.9 Å². The summed E-state index contributed by atoms with van der Waals surface area (Å²) in [7, 11) is 1.98. The van der Waals surface area contributed by atoms with E-state index in [0.29, 0.717) is 5.56 Å². The zero-order valence-corrected chi connectivity index (χ0v) is 15.9. The first-order chi connectivity index (χ1) is 13.5. The summed E-state index contributed by atoms with van der Waals surface area (Å²) in [4.78, 5) is 17.6. The van der Waals surface area contributed by atoms with E-state index in [1.54, 1.807) is 12.1 Å². The van der Waals surface area contributed by atoms with Gasteiger partial charge in [-0.25, -0.2) is 9.67 Å². The molecule has 1 amide bonds. The highest BCUT2D eigenvalue weighted by atomic mass is 16.1. The summed E-state index contributed by atoms with van der Waals surface area (Å²) in [6.07, 6.45) is 1.51. The summed E-state index contributed by atoms with van der Waals surface area (Å²) >= 11 is 0. The molecule has 4 aromatic rings. The number of aryl methyl sites for hydroxylation is 1. The van der Waals surface area contributed by atoms with Crippen LogP contribution in [0.2, 0.25) is 0 Å². The van der Waals surface area contributed by atoms with Crippen molar-refractivity contribution in [1.82, 2.24) is 35.1 Å². The van der Waals surface area contributed by atoms with Gasteiger partial charge in [-0.2, -0.15) is 0 Å². The van der Waals surface area contributed by atoms with Crippen LogP contribution in [-0.4, -0.2) is 35.7 Å². The van der Waals surface area contributed by atoms with Crippen molar-refractivity contribution in [2.24, 2.45) is 13.0 Å². The summed E-state index contributed by atoms with van der Waals surface area (Å²) in [6.45, 7) is 4.15. The number of para-hydroxylation sites is 2. The molecule has 2 heterocycles. The van der Waals surface area contributed by atoms with Gasteiger partial charge < -0.3 is 9.88 Å². The minimum Gasteiger partial charge on any atom is -0.342 e. The van der Waals surface area contributed by atoms with E-state index >= 15 is 0 Å². The average molecular weight is 375 g/mol. The number of carbonyl (C=O) groups is 1. The summed E-state index contributed by atoms with van der Waals surface area (Å²) in [5.41, 5.74) is 3.33. The Labute approximate surface area is 162 Å². The van der Waals surface area contributed by atoms with E-state index in [1.165, 1.54) is 11.0 Å². The van der Waals surface area contributed by atoms with E-state index in [4.69, 9.17) is 4.98 Å². The van der Waals surface area contributed by atoms with E-state index in [-0.39, 0.29) is 17.9 Å². The van der Waals surface area contributed by atoms with Gasteiger partial charge in [0.1, 0.15) is 12.2 Å². The first kappa shape index (κ1) is 17.8. The Kier molecular flexibility index (Phi) is 4.60. The molecule has 28 heavy (non-hydrogen) atoms. The van der Waals surface area contributed by atoms with Crippen LogP contribution in [0.3, 0.4) is 0 Å². The van der Waals surface area contributed by atoms with Crippen LogP contribution in [0.1, 0.15) is 36.1 Å². The SMILES string of the molecule is CC(C)[C@@H](NC(=O)c1ccc(-n2cnnn2)cc1)c1nc2ccccc2n1C. The molecular weight excluding hydrogens is 354 g/mol. The van der Waals surface area contributed by atoms with Gasteiger partial charge in [-0.05, 0) is 52.7 Å². The molecule has 8 heteroatoms. The van der Waals surface area contributed by atoms with Crippen LogP contribution in [0.25, 0.3) is 16.7 Å². The number of fused-ring (bicyclic) bond motifs is 1. The van der Waals surface area contributed by atoms with Crippen LogP contribution >= 0.6 is 0 Å². The van der Waals surface area contributed by atoms with E-state index < -0.39 is 0 Å². The normalized spacial score (nSPS) is 12.4. The Balaban J connectivity index is 1.59. The minimum absolute atomic E-state index is 0.144. The fourth-order valence-electron chi connectivity index (χ4n) is 3.24. The van der Waals surface area contributed by atoms with Crippen molar-refractivity contribution in [3.63, 3.8) is 0 Å². The monoisotopic (exact) mass is 375 g/mol. The van der Waals surface area contributed by atoms with E-state index in [0.717, 1.165) is 22.5 Å². The molecule has 0 aliphatic carbocycles. The topological polar surface area (TPSA) is 90.5 Å². The molecule has 1 atom stereocenters. The maximum Gasteiger partial charge on any atom is 0.251 e. The van der Waals surface area contributed by atoms with Crippen LogP contribution in [-0.2, 0) is 7.05 Å². The highest BCUT2D eigenvalue weighted by Gasteiger charge is 2.24.